The third-order valence-electron chi connectivity index (χ3n) is 2.29. The van der Waals surface area contributed by atoms with Crippen LogP contribution in [0.2, 0.25) is 0 Å². The third-order valence-corrected chi connectivity index (χ3v) is 2.29. The zero-order chi connectivity index (χ0) is 13.2. The van der Waals surface area contributed by atoms with Gasteiger partial charge in [-0.2, -0.15) is 0 Å². The number of rotatable bonds is 0. The Labute approximate surface area is 102 Å². The highest BCUT2D eigenvalue weighted by Crippen LogP contribution is 2.11. The smallest absolute Gasteiger partial charge is 0.418 e. The first-order valence-electron chi connectivity index (χ1n) is 5.18. The van der Waals surface area contributed by atoms with E-state index in [0.717, 1.165) is 0 Å². The molecule has 0 saturated heterocycles. The molecule has 0 aliphatic carbocycles. The highest BCUT2D eigenvalue weighted by Gasteiger charge is 2.24. The van der Waals surface area contributed by atoms with Crippen molar-refractivity contribution < 1.29 is 26.2 Å². The summed E-state index contributed by atoms with van der Waals surface area (Å²) in [6, 6.07) is 12.4. The first-order chi connectivity index (χ1) is 8.45. The van der Waals surface area contributed by atoms with E-state index in [1.54, 1.807) is 0 Å². The molecule has 3 rings (SSSR count). The minimum atomic E-state index is -6.00. The maximum Gasteiger partial charge on any atom is 0.673 e. The van der Waals surface area contributed by atoms with E-state index in [4.69, 9.17) is 0 Å². The van der Waals surface area contributed by atoms with E-state index in [9.17, 15) is 17.3 Å². The van der Waals surface area contributed by atoms with Crippen LogP contribution in [0.1, 0.15) is 0 Å². The van der Waals surface area contributed by atoms with E-state index < -0.39 is 7.25 Å². The molecule has 2 aromatic heterocycles. The van der Waals surface area contributed by atoms with Gasteiger partial charge in [0, 0.05) is 12.1 Å². The van der Waals surface area contributed by atoms with Crippen molar-refractivity contribution in [3.05, 3.63) is 48.8 Å². The zero-order valence-electron chi connectivity index (χ0n) is 9.18. The second kappa shape index (κ2) is 4.80. The van der Waals surface area contributed by atoms with Crippen LogP contribution in [-0.4, -0.2) is 14.8 Å². The molecule has 0 fully saturated rings. The molecule has 0 atom stereocenters. The van der Waals surface area contributed by atoms with Crippen molar-refractivity contribution in [1.29, 1.82) is 0 Å². The van der Waals surface area contributed by atoms with Crippen molar-refractivity contribution in [1.82, 2.24) is 0 Å². The van der Waals surface area contributed by atoms with Crippen LogP contribution < -0.4 is 8.96 Å². The van der Waals surface area contributed by atoms with Gasteiger partial charge in [-0.1, -0.05) is 0 Å². The molecule has 2 radical (unpaired) electrons. The van der Waals surface area contributed by atoms with Gasteiger partial charge in [-0.15, -0.1) is 0 Å². The molecule has 0 amide bonds. The quantitative estimate of drug-likeness (QED) is 0.424. The summed E-state index contributed by atoms with van der Waals surface area (Å²) in [4.78, 5) is 0. The van der Waals surface area contributed by atoms with Crippen LogP contribution in [0.15, 0.2) is 48.8 Å². The summed E-state index contributed by atoms with van der Waals surface area (Å²) in [5.41, 5.74) is 2.48. The Balaban J connectivity index is 0.000000209. The van der Waals surface area contributed by atoms with E-state index in [-0.39, 0.29) is 0 Å². The van der Waals surface area contributed by atoms with Gasteiger partial charge < -0.3 is 26.2 Å². The summed E-state index contributed by atoms with van der Waals surface area (Å²) in [5.74, 6) is 0. The number of aromatic nitrogens is 2. The Bertz CT molecular complexity index is 510. The van der Waals surface area contributed by atoms with Crippen molar-refractivity contribution >= 4 is 14.8 Å². The van der Waals surface area contributed by atoms with Crippen molar-refractivity contribution in [2.45, 2.75) is 0 Å². The van der Waals surface area contributed by atoms with Gasteiger partial charge in [-0.05, 0) is 24.3 Å². The Kier molecular flexibility index (Phi) is 3.36. The van der Waals surface area contributed by atoms with Crippen LogP contribution in [0.3, 0.4) is 0 Å². The third kappa shape index (κ3) is 3.09. The number of pyridine rings is 2. The van der Waals surface area contributed by atoms with Gasteiger partial charge in [-0.25, -0.2) is 0 Å². The zero-order valence-corrected chi connectivity index (χ0v) is 9.18. The molecule has 0 aromatic carbocycles. The van der Waals surface area contributed by atoms with E-state index in [0.29, 0.717) is 0 Å². The summed E-state index contributed by atoms with van der Waals surface area (Å²) in [6.45, 7) is 0. The number of hydrogen-bond donors (Lipinski definition) is 0. The molecule has 18 heavy (non-hydrogen) atoms. The lowest BCUT2D eigenvalue weighted by Gasteiger charge is -1.94. The summed E-state index contributed by atoms with van der Waals surface area (Å²) >= 11 is 0. The van der Waals surface area contributed by atoms with Gasteiger partial charge >= 0.3 is 14.8 Å². The summed E-state index contributed by atoms with van der Waals surface area (Å²) < 4.78 is 43.2. The van der Waals surface area contributed by atoms with Crippen molar-refractivity contribution in [2.75, 3.05) is 0 Å². The molecule has 2 aromatic rings. The summed E-state index contributed by atoms with van der Waals surface area (Å²) in [5, 5.41) is 0. The van der Waals surface area contributed by atoms with Crippen molar-refractivity contribution in [2.24, 2.45) is 0 Å². The van der Waals surface area contributed by atoms with Gasteiger partial charge in [0.15, 0.2) is 0 Å². The van der Waals surface area contributed by atoms with E-state index in [1.165, 1.54) is 11.4 Å². The monoisotopic (exact) mass is 254 g/mol. The number of hydrogen-bond acceptors (Lipinski definition) is 0. The molecule has 0 bridgehead atoms. The first kappa shape index (κ1) is 12.6. The van der Waals surface area contributed by atoms with E-state index >= 15 is 0 Å². The minimum absolute atomic E-state index is 1.24. The van der Waals surface area contributed by atoms with Crippen LogP contribution in [0.4, 0.5) is 17.3 Å². The van der Waals surface area contributed by atoms with E-state index in [1.807, 2.05) is 12.1 Å². The maximum absolute atomic E-state index is 9.75. The summed E-state index contributed by atoms with van der Waals surface area (Å²) in [6.07, 6.45) is 4.12. The highest BCUT2D eigenvalue weighted by molar-refractivity contribution is 6.50. The minimum Gasteiger partial charge on any atom is -0.418 e. The average molecular weight is 254 g/mol. The molecule has 0 saturated carbocycles. The lowest BCUT2D eigenvalue weighted by molar-refractivity contribution is -0.614. The summed E-state index contributed by atoms with van der Waals surface area (Å²) in [7, 11) is -3.93. The molecular formula is C10H8B2F4N2. The second-order valence-corrected chi connectivity index (χ2v) is 3.60. The maximum atomic E-state index is 9.75. The topological polar surface area (TPSA) is 7.76 Å². The molecular weight excluding hydrogens is 246 g/mol. The predicted molar refractivity (Wildman–Crippen MR) is 59.0 cm³/mol. The van der Waals surface area contributed by atoms with Crippen molar-refractivity contribution in [3.8, 4) is 11.4 Å². The largest absolute Gasteiger partial charge is 0.673 e. The fourth-order valence-corrected chi connectivity index (χ4v) is 1.68. The second-order valence-electron chi connectivity index (χ2n) is 3.60. The fourth-order valence-electron chi connectivity index (χ4n) is 1.68. The van der Waals surface area contributed by atoms with Gasteiger partial charge in [0.05, 0.1) is 0 Å². The number of fused-ring (bicyclic) bond motifs is 3. The van der Waals surface area contributed by atoms with E-state index in [2.05, 4.69) is 53.2 Å². The lowest BCUT2D eigenvalue weighted by Crippen LogP contribution is -2.52. The van der Waals surface area contributed by atoms with Crippen LogP contribution in [0, 0.1) is 0 Å². The van der Waals surface area contributed by atoms with Crippen molar-refractivity contribution in [3.63, 3.8) is 0 Å². The Morgan fingerprint density at radius 1 is 0.778 bits per heavy atom. The van der Waals surface area contributed by atoms with Gasteiger partial charge in [0.1, 0.15) is 12.4 Å². The Hall–Kier alpha value is -1.85. The molecule has 3 heterocycles. The molecule has 92 valence electrons. The molecule has 1 aliphatic heterocycles. The molecule has 2 nitrogen and oxygen atoms in total. The van der Waals surface area contributed by atoms with Crippen LogP contribution in [-0.2, 0) is 0 Å². The molecule has 1 aliphatic rings. The van der Waals surface area contributed by atoms with Crippen LogP contribution in [0.25, 0.3) is 11.4 Å². The van der Waals surface area contributed by atoms with Crippen LogP contribution in [0.5, 0.6) is 0 Å². The van der Waals surface area contributed by atoms with Gasteiger partial charge in [0.2, 0.25) is 11.4 Å². The highest BCUT2D eigenvalue weighted by atomic mass is 19.5. The normalized spacial score (nSPS) is 12.2. The van der Waals surface area contributed by atoms with Gasteiger partial charge in [0.25, 0.3) is 0 Å². The Morgan fingerprint density at radius 3 is 1.56 bits per heavy atom. The number of halogens is 4. The molecule has 0 spiro atoms. The average Bonchev–Trinajstić information content (AvgIpc) is 2.65. The molecule has 0 unspecified atom stereocenters. The fraction of sp³-hybridized carbons (Fsp3) is 0. The standard InChI is InChI=1S/C10H8BN2.BF4/c1-3-7-12-9(5-1)10-6-2-4-8-13(10)11-12;2-1(3,4)5/h1-8H;/q+1;-1. The van der Waals surface area contributed by atoms with Gasteiger partial charge in [-0.3, -0.25) is 0 Å². The predicted octanol–water partition coefficient (Wildman–Crippen LogP) is 1.47. The SMILES string of the molecule is F[B-](F)(F)F.[B-]1[n+]2ccccc2-c2cccc[n+]21. The Morgan fingerprint density at radius 2 is 1.17 bits per heavy atom. The molecule has 8 heteroatoms. The first-order valence-corrected chi connectivity index (χ1v) is 5.18. The number of nitrogens with zero attached hydrogens (tertiary/aromatic N) is 2. The lowest BCUT2D eigenvalue weighted by atomic mass is 10.2. The molecule has 0 N–H and O–H groups in total. The van der Waals surface area contributed by atoms with Crippen LogP contribution >= 0.6 is 0 Å².